The fraction of sp³-hybridized carbons (Fsp3) is 0.500. The summed E-state index contributed by atoms with van der Waals surface area (Å²) in [6.45, 7) is 8.83. The van der Waals surface area contributed by atoms with Crippen LogP contribution in [0.5, 0.6) is 5.75 Å². The first-order valence-corrected chi connectivity index (χ1v) is 7.63. The van der Waals surface area contributed by atoms with Crippen molar-refractivity contribution in [2.75, 3.05) is 13.2 Å². The normalized spacial score (nSPS) is 16.1. The molecule has 0 amide bonds. The first-order chi connectivity index (χ1) is 10.8. The Bertz CT molecular complexity index is 631. The standard InChI is InChI=1S/C16H25N5O2.BrH/c1-11-7-5-8-13(12(11)2)22-9-6-10-23-21-15(18)19-14(17)20-16(21,3)4;/h5,7-8H,6,9-10H2,1-4H3,(H4,17,18,19,20);1H. The van der Waals surface area contributed by atoms with E-state index in [1.807, 2.05) is 26.0 Å². The molecule has 134 valence electrons. The number of halogens is 1. The van der Waals surface area contributed by atoms with Crippen molar-refractivity contribution in [2.45, 2.75) is 39.8 Å². The summed E-state index contributed by atoms with van der Waals surface area (Å²) >= 11 is 0. The minimum absolute atomic E-state index is 0. The van der Waals surface area contributed by atoms with E-state index in [0.717, 1.165) is 11.3 Å². The van der Waals surface area contributed by atoms with Crippen LogP contribution in [0.1, 0.15) is 31.4 Å². The van der Waals surface area contributed by atoms with Gasteiger partial charge in [-0.15, -0.1) is 17.0 Å². The number of rotatable bonds is 6. The Balaban J connectivity index is 0.00000288. The Hall–Kier alpha value is -1.80. The molecule has 1 aliphatic rings. The van der Waals surface area contributed by atoms with Crippen LogP contribution in [0.15, 0.2) is 28.2 Å². The second-order valence-corrected chi connectivity index (χ2v) is 5.96. The number of nitrogens with zero attached hydrogens (tertiary/aromatic N) is 3. The topological polar surface area (TPSA) is 98.5 Å². The van der Waals surface area contributed by atoms with Crippen molar-refractivity contribution in [1.29, 1.82) is 0 Å². The van der Waals surface area contributed by atoms with Crippen LogP contribution in [0.25, 0.3) is 0 Å². The molecule has 2 rings (SSSR count). The van der Waals surface area contributed by atoms with Crippen molar-refractivity contribution < 1.29 is 9.57 Å². The van der Waals surface area contributed by atoms with Gasteiger partial charge in [0.2, 0.25) is 11.9 Å². The first kappa shape index (κ1) is 20.2. The molecule has 0 aliphatic carbocycles. The van der Waals surface area contributed by atoms with Gasteiger partial charge in [0.05, 0.1) is 13.2 Å². The molecule has 0 saturated heterocycles. The van der Waals surface area contributed by atoms with Crippen LogP contribution < -0.4 is 16.2 Å². The van der Waals surface area contributed by atoms with E-state index in [9.17, 15) is 0 Å². The minimum atomic E-state index is -0.677. The molecule has 0 atom stereocenters. The third-order valence-electron chi connectivity index (χ3n) is 3.64. The van der Waals surface area contributed by atoms with Crippen molar-refractivity contribution in [3.63, 3.8) is 0 Å². The minimum Gasteiger partial charge on any atom is -0.493 e. The van der Waals surface area contributed by atoms with Crippen molar-refractivity contribution in [1.82, 2.24) is 5.06 Å². The number of aliphatic imine (C=N–C) groups is 2. The fourth-order valence-electron chi connectivity index (χ4n) is 2.30. The maximum Gasteiger partial charge on any atom is 0.226 e. The molecular weight excluding hydrogens is 374 g/mol. The summed E-state index contributed by atoms with van der Waals surface area (Å²) < 4.78 is 5.80. The maximum atomic E-state index is 5.85. The molecule has 1 heterocycles. The number of hydrogen-bond acceptors (Lipinski definition) is 7. The highest BCUT2D eigenvalue weighted by molar-refractivity contribution is 8.93. The number of aryl methyl sites for hydroxylation is 1. The van der Waals surface area contributed by atoms with Gasteiger partial charge in [0.15, 0.2) is 5.66 Å². The average Bonchev–Trinajstić information content (AvgIpc) is 2.44. The third kappa shape index (κ3) is 4.85. The second-order valence-electron chi connectivity index (χ2n) is 5.96. The van der Waals surface area contributed by atoms with Crippen LogP contribution in [0.3, 0.4) is 0 Å². The van der Waals surface area contributed by atoms with E-state index in [1.54, 1.807) is 0 Å². The molecule has 0 bridgehead atoms. The number of nitrogens with two attached hydrogens (primary N) is 2. The third-order valence-corrected chi connectivity index (χ3v) is 3.64. The molecule has 7 nitrogen and oxygen atoms in total. The van der Waals surface area contributed by atoms with Crippen LogP contribution >= 0.6 is 17.0 Å². The zero-order chi connectivity index (χ0) is 17.0. The summed E-state index contributed by atoms with van der Waals surface area (Å²) in [6, 6.07) is 6.03. The summed E-state index contributed by atoms with van der Waals surface area (Å²) in [6.07, 6.45) is 0.715. The van der Waals surface area contributed by atoms with Gasteiger partial charge in [-0.05, 0) is 44.9 Å². The lowest BCUT2D eigenvalue weighted by Gasteiger charge is -2.36. The molecule has 8 heteroatoms. The van der Waals surface area contributed by atoms with Gasteiger partial charge in [-0.1, -0.05) is 12.1 Å². The summed E-state index contributed by atoms with van der Waals surface area (Å²) in [7, 11) is 0. The van der Waals surface area contributed by atoms with Crippen LogP contribution in [0.4, 0.5) is 0 Å². The van der Waals surface area contributed by atoms with E-state index in [2.05, 4.69) is 29.9 Å². The maximum absolute atomic E-state index is 5.85. The van der Waals surface area contributed by atoms with E-state index in [4.69, 9.17) is 21.0 Å². The smallest absolute Gasteiger partial charge is 0.226 e. The van der Waals surface area contributed by atoms with Gasteiger partial charge < -0.3 is 16.2 Å². The van der Waals surface area contributed by atoms with Gasteiger partial charge in [0, 0.05) is 6.42 Å². The predicted molar refractivity (Wildman–Crippen MR) is 101 cm³/mol. The Kier molecular flexibility index (Phi) is 7.04. The van der Waals surface area contributed by atoms with Crippen LogP contribution in [-0.4, -0.2) is 35.9 Å². The zero-order valence-electron chi connectivity index (χ0n) is 14.6. The summed E-state index contributed by atoms with van der Waals surface area (Å²) in [5.74, 6) is 1.27. The summed E-state index contributed by atoms with van der Waals surface area (Å²) in [4.78, 5) is 13.8. The van der Waals surface area contributed by atoms with E-state index >= 15 is 0 Å². The number of guanidine groups is 2. The molecule has 0 aromatic heterocycles. The molecule has 1 aliphatic heterocycles. The number of hydroxylamine groups is 2. The summed E-state index contributed by atoms with van der Waals surface area (Å²) in [5, 5.41) is 1.47. The van der Waals surface area contributed by atoms with Crippen molar-refractivity contribution in [2.24, 2.45) is 21.5 Å². The lowest BCUT2D eigenvalue weighted by Crippen LogP contribution is -2.53. The fourth-order valence-corrected chi connectivity index (χ4v) is 2.30. The van der Waals surface area contributed by atoms with Crippen molar-refractivity contribution in [3.8, 4) is 5.75 Å². The SMILES string of the molecule is Br.Cc1cccc(OCCCON2C(N)=NC(N)=NC2(C)C)c1C. The predicted octanol–water partition coefficient (Wildman–Crippen LogP) is 2.26. The Labute approximate surface area is 153 Å². The van der Waals surface area contributed by atoms with E-state index < -0.39 is 5.66 Å². The van der Waals surface area contributed by atoms with Crippen molar-refractivity contribution >= 4 is 28.9 Å². The lowest BCUT2D eigenvalue weighted by atomic mass is 10.1. The Morgan fingerprint density at radius 1 is 1.17 bits per heavy atom. The van der Waals surface area contributed by atoms with Gasteiger partial charge in [-0.3, -0.25) is 4.84 Å². The van der Waals surface area contributed by atoms with E-state index in [0.29, 0.717) is 19.6 Å². The largest absolute Gasteiger partial charge is 0.493 e. The number of benzene rings is 1. The van der Waals surface area contributed by atoms with Gasteiger partial charge in [-0.2, -0.15) is 10.1 Å². The van der Waals surface area contributed by atoms with Gasteiger partial charge in [0.1, 0.15) is 5.75 Å². The van der Waals surface area contributed by atoms with E-state index in [1.165, 1.54) is 10.6 Å². The lowest BCUT2D eigenvalue weighted by molar-refractivity contribution is -0.158. The molecule has 0 unspecified atom stereocenters. The number of hydrogen-bond donors (Lipinski definition) is 2. The molecule has 1 aromatic carbocycles. The molecule has 0 fully saturated rings. The Morgan fingerprint density at radius 2 is 1.88 bits per heavy atom. The average molecular weight is 400 g/mol. The van der Waals surface area contributed by atoms with Crippen molar-refractivity contribution in [3.05, 3.63) is 29.3 Å². The van der Waals surface area contributed by atoms with Gasteiger partial charge >= 0.3 is 0 Å². The van der Waals surface area contributed by atoms with Crippen LogP contribution in [0, 0.1) is 13.8 Å². The van der Waals surface area contributed by atoms with Crippen LogP contribution in [-0.2, 0) is 4.84 Å². The van der Waals surface area contributed by atoms with Gasteiger partial charge in [-0.25, -0.2) is 4.99 Å². The van der Waals surface area contributed by atoms with E-state index in [-0.39, 0.29) is 28.9 Å². The quantitative estimate of drug-likeness (QED) is 0.714. The highest BCUT2D eigenvalue weighted by Crippen LogP contribution is 2.21. The molecule has 1 aromatic rings. The molecule has 0 spiro atoms. The monoisotopic (exact) mass is 399 g/mol. The van der Waals surface area contributed by atoms with Crippen LogP contribution in [0.2, 0.25) is 0 Å². The second kappa shape index (κ2) is 8.34. The molecule has 4 N–H and O–H groups in total. The molecule has 24 heavy (non-hydrogen) atoms. The van der Waals surface area contributed by atoms with Gasteiger partial charge in [0.25, 0.3) is 0 Å². The highest BCUT2D eigenvalue weighted by Gasteiger charge is 2.32. The number of ether oxygens (including phenoxy) is 1. The molecular formula is C16H26BrN5O2. The molecule has 0 radical (unpaired) electrons. The Morgan fingerprint density at radius 3 is 2.54 bits per heavy atom. The first-order valence-electron chi connectivity index (χ1n) is 7.63. The summed E-state index contributed by atoms with van der Waals surface area (Å²) in [5.41, 5.74) is 13.2. The highest BCUT2D eigenvalue weighted by atomic mass is 79.9. The molecule has 0 saturated carbocycles. The zero-order valence-corrected chi connectivity index (χ0v) is 16.3.